The highest BCUT2D eigenvalue weighted by Crippen LogP contribution is 2.41. The third kappa shape index (κ3) is 3.97. The molecule has 0 N–H and O–H groups in total. The lowest BCUT2D eigenvalue weighted by atomic mass is 9.86. The van der Waals surface area contributed by atoms with Gasteiger partial charge in [-0.2, -0.15) is 0 Å². The highest BCUT2D eigenvalue weighted by atomic mass is 32.1. The molecule has 1 fully saturated rings. The molecule has 0 unspecified atom stereocenters. The maximum atomic E-state index is 2.46. The van der Waals surface area contributed by atoms with Gasteiger partial charge < -0.3 is 0 Å². The molecule has 0 saturated heterocycles. The molecule has 0 radical (unpaired) electrons. The number of fused-ring (bicyclic) bond motifs is 6. The van der Waals surface area contributed by atoms with E-state index in [0.29, 0.717) is 0 Å². The van der Waals surface area contributed by atoms with Crippen LogP contribution in [-0.4, -0.2) is 0 Å². The van der Waals surface area contributed by atoms with Gasteiger partial charge in [0.15, 0.2) is 0 Å². The first-order valence-electron chi connectivity index (χ1n) is 13.1. The van der Waals surface area contributed by atoms with Crippen molar-refractivity contribution in [2.24, 2.45) is 5.92 Å². The maximum Gasteiger partial charge on any atom is 0.0428 e. The normalized spacial score (nSPS) is 15.1. The zero-order chi connectivity index (χ0) is 23.4. The molecular formula is C33H30S2. The van der Waals surface area contributed by atoms with Crippen molar-refractivity contribution in [2.45, 2.75) is 51.9 Å². The van der Waals surface area contributed by atoms with E-state index in [2.05, 4.69) is 79.7 Å². The van der Waals surface area contributed by atoms with Gasteiger partial charge in [-0.25, -0.2) is 0 Å². The van der Waals surface area contributed by atoms with Gasteiger partial charge in [-0.1, -0.05) is 86.2 Å². The van der Waals surface area contributed by atoms with Crippen LogP contribution in [-0.2, 0) is 6.42 Å². The first-order chi connectivity index (χ1) is 17.2. The molecule has 1 aliphatic carbocycles. The topological polar surface area (TPSA) is 0 Å². The fourth-order valence-electron chi connectivity index (χ4n) is 6.00. The molecule has 7 rings (SSSR count). The van der Waals surface area contributed by atoms with Gasteiger partial charge in [-0.15, -0.1) is 22.7 Å². The Morgan fingerprint density at radius 1 is 0.657 bits per heavy atom. The lowest BCUT2D eigenvalue weighted by molar-refractivity contribution is 0.340. The van der Waals surface area contributed by atoms with Crippen LogP contribution < -0.4 is 0 Å². The third-order valence-corrected chi connectivity index (χ3v) is 10.5. The Hall–Kier alpha value is -2.68. The van der Waals surface area contributed by atoms with Crippen LogP contribution in [0.3, 0.4) is 0 Å². The average molecular weight is 491 g/mol. The summed E-state index contributed by atoms with van der Waals surface area (Å²) in [5, 5.41) is 8.28. The molecule has 6 aromatic rings. The fraction of sp³-hybridized carbons (Fsp3) is 0.273. The van der Waals surface area contributed by atoms with Crippen LogP contribution in [0.25, 0.3) is 52.2 Å². The Kier molecular flexibility index (Phi) is 5.41. The minimum atomic E-state index is 0.952. The Morgan fingerprint density at radius 3 is 2.00 bits per heavy atom. The predicted molar refractivity (Wildman–Crippen MR) is 157 cm³/mol. The molecule has 2 heteroatoms. The van der Waals surface area contributed by atoms with E-state index in [0.717, 1.165) is 5.92 Å². The second-order valence-electron chi connectivity index (χ2n) is 10.5. The van der Waals surface area contributed by atoms with Crippen molar-refractivity contribution in [3.63, 3.8) is 0 Å². The second-order valence-corrected chi connectivity index (χ2v) is 12.7. The summed E-state index contributed by atoms with van der Waals surface area (Å²) in [5.41, 5.74) is 2.62. The quantitative estimate of drug-likeness (QED) is 0.216. The summed E-state index contributed by atoms with van der Waals surface area (Å²) in [4.78, 5) is 2.92. The van der Waals surface area contributed by atoms with Gasteiger partial charge in [0.05, 0.1) is 0 Å². The standard InChI is InChI=1S/C33H30S2/c1-21-7-10-23(11-8-21)31-20-27-15-13-25-18-29-24(19-30(25)33(27)35-31)12-14-26-17-28(34-32(26)29)16-9-22-5-3-2-4-6-22/h7-8,10-15,17-20,22H,2-6,9,16H2,1H3. The van der Waals surface area contributed by atoms with Crippen LogP contribution in [0.4, 0.5) is 0 Å². The Labute approximate surface area is 215 Å². The largest absolute Gasteiger partial charge is 0.140 e. The molecule has 2 aromatic heterocycles. The van der Waals surface area contributed by atoms with E-state index in [-0.39, 0.29) is 0 Å². The first kappa shape index (κ1) is 21.6. The summed E-state index contributed by atoms with van der Waals surface area (Å²) in [5.74, 6) is 0.952. The molecule has 0 bridgehead atoms. The molecule has 1 aliphatic rings. The van der Waals surface area contributed by atoms with Gasteiger partial charge in [0, 0.05) is 29.9 Å². The summed E-state index contributed by atoms with van der Waals surface area (Å²) in [6.45, 7) is 2.15. The van der Waals surface area contributed by atoms with Crippen molar-refractivity contribution in [3.8, 4) is 10.4 Å². The van der Waals surface area contributed by atoms with Crippen molar-refractivity contribution < 1.29 is 0 Å². The van der Waals surface area contributed by atoms with Crippen molar-refractivity contribution in [1.29, 1.82) is 0 Å². The van der Waals surface area contributed by atoms with E-state index < -0.39 is 0 Å². The summed E-state index contributed by atoms with van der Waals surface area (Å²) >= 11 is 3.96. The van der Waals surface area contributed by atoms with Gasteiger partial charge in [-0.05, 0) is 77.1 Å². The van der Waals surface area contributed by atoms with Gasteiger partial charge >= 0.3 is 0 Å². The molecule has 0 nitrogen and oxygen atoms in total. The highest BCUT2D eigenvalue weighted by molar-refractivity contribution is 7.23. The van der Waals surface area contributed by atoms with E-state index >= 15 is 0 Å². The number of aryl methyl sites for hydroxylation is 2. The number of thiophene rings is 2. The third-order valence-electron chi connectivity index (χ3n) is 8.03. The minimum Gasteiger partial charge on any atom is -0.140 e. The van der Waals surface area contributed by atoms with Gasteiger partial charge in [0.25, 0.3) is 0 Å². The van der Waals surface area contributed by atoms with E-state index in [1.165, 1.54) is 103 Å². The van der Waals surface area contributed by atoms with Gasteiger partial charge in [0.2, 0.25) is 0 Å². The molecule has 0 amide bonds. The lowest BCUT2D eigenvalue weighted by Gasteiger charge is -2.20. The van der Waals surface area contributed by atoms with Crippen LogP contribution >= 0.6 is 22.7 Å². The van der Waals surface area contributed by atoms with Crippen molar-refractivity contribution in [2.75, 3.05) is 0 Å². The van der Waals surface area contributed by atoms with Crippen LogP contribution in [0.1, 0.15) is 49.0 Å². The van der Waals surface area contributed by atoms with Crippen LogP contribution in [0.5, 0.6) is 0 Å². The Bertz CT molecular complexity index is 1670. The van der Waals surface area contributed by atoms with E-state index in [9.17, 15) is 0 Å². The summed E-state index contributed by atoms with van der Waals surface area (Å²) < 4.78 is 2.87. The van der Waals surface area contributed by atoms with E-state index in [1.807, 2.05) is 22.7 Å². The zero-order valence-corrected chi connectivity index (χ0v) is 21.9. The second kappa shape index (κ2) is 8.76. The van der Waals surface area contributed by atoms with Crippen LogP contribution in [0, 0.1) is 12.8 Å². The lowest BCUT2D eigenvalue weighted by Crippen LogP contribution is -2.06. The minimum absolute atomic E-state index is 0.952. The first-order valence-corrected chi connectivity index (χ1v) is 14.7. The molecule has 0 aliphatic heterocycles. The summed E-state index contributed by atoms with van der Waals surface area (Å²) in [6, 6.07) is 27.9. The fourth-order valence-corrected chi connectivity index (χ4v) is 8.39. The monoisotopic (exact) mass is 490 g/mol. The average Bonchev–Trinajstić information content (AvgIpc) is 3.52. The Morgan fingerprint density at radius 2 is 1.29 bits per heavy atom. The van der Waals surface area contributed by atoms with Crippen molar-refractivity contribution >= 4 is 64.4 Å². The molecule has 1 saturated carbocycles. The molecule has 35 heavy (non-hydrogen) atoms. The van der Waals surface area contributed by atoms with E-state index in [4.69, 9.17) is 0 Å². The summed E-state index contributed by atoms with van der Waals surface area (Å²) in [7, 11) is 0. The molecule has 2 heterocycles. The van der Waals surface area contributed by atoms with Crippen molar-refractivity contribution in [1.82, 2.24) is 0 Å². The van der Waals surface area contributed by atoms with Crippen molar-refractivity contribution in [3.05, 3.63) is 83.2 Å². The van der Waals surface area contributed by atoms with Gasteiger partial charge in [0.1, 0.15) is 0 Å². The number of rotatable bonds is 4. The number of hydrogen-bond donors (Lipinski definition) is 0. The van der Waals surface area contributed by atoms with Crippen LogP contribution in [0.15, 0.2) is 72.8 Å². The molecule has 4 aromatic carbocycles. The molecule has 0 atom stereocenters. The highest BCUT2D eigenvalue weighted by Gasteiger charge is 2.15. The van der Waals surface area contributed by atoms with Crippen LogP contribution in [0.2, 0.25) is 0 Å². The SMILES string of the molecule is Cc1ccc(-c2cc3ccc4cc5c(ccc6cc(CCC7CCCCC7)sc65)cc4c3s2)cc1. The number of benzene rings is 4. The summed E-state index contributed by atoms with van der Waals surface area (Å²) in [6.07, 6.45) is 9.84. The predicted octanol–water partition coefficient (Wildman–Crippen LogP) is 10.9. The number of hydrogen-bond acceptors (Lipinski definition) is 2. The Balaban J connectivity index is 1.29. The van der Waals surface area contributed by atoms with Gasteiger partial charge in [-0.3, -0.25) is 0 Å². The maximum absolute atomic E-state index is 2.46. The molecule has 0 spiro atoms. The smallest absolute Gasteiger partial charge is 0.0428 e. The molecule has 174 valence electrons. The molecular weight excluding hydrogens is 460 g/mol. The van der Waals surface area contributed by atoms with E-state index in [1.54, 1.807) is 4.88 Å². The zero-order valence-electron chi connectivity index (χ0n) is 20.3.